The van der Waals surface area contributed by atoms with E-state index in [1.54, 1.807) is 4.90 Å². The number of Topliss-reactive ketones (excluding diaryl/α,β-unsaturated/α-hetero) is 2. The van der Waals surface area contributed by atoms with Crippen molar-refractivity contribution in [1.29, 1.82) is 0 Å². The van der Waals surface area contributed by atoms with Crippen molar-refractivity contribution < 1.29 is 14.4 Å². The summed E-state index contributed by atoms with van der Waals surface area (Å²) in [6.45, 7) is 4.18. The van der Waals surface area contributed by atoms with E-state index in [9.17, 15) is 14.4 Å². The van der Waals surface area contributed by atoms with Crippen LogP contribution in [0.4, 0.5) is 0 Å². The van der Waals surface area contributed by atoms with Crippen LogP contribution in [0.1, 0.15) is 52.4 Å². The fraction of sp³-hybridized carbons (Fsp3) is 0.737. The van der Waals surface area contributed by atoms with E-state index < -0.39 is 5.41 Å². The molecule has 0 aromatic heterocycles. The van der Waals surface area contributed by atoms with Gasteiger partial charge >= 0.3 is 0 Å². The molecule has 0 radical (unpaired) electrons. The van der Waals surface area contributed by atoms with Crippen LogP contribution in [-0.4, -0.2) is 29.4 Å². The number of likely N-dealkylation sites (tertiary alicyclic amines) is 1. The lowest BCUT2D eigenvalue weighted by molar-refractivity contribution is -0.152. The topological polar surface area (TPSA) is 54.5 Å². The van der Waals surface area contributed by atoms with E-state index in [-0.39, 0.29) is 34.7 Å². The second kappa shape index (κ2) is 4.55. The molecule has 23 heavy (non-hydrogen) atoms. The van der Waals surface area contributed by atoms with Gasteiger partial charge in [-0.25, -0.2) is 0 Å². The van der Waals surface area contributed by atoms with Crippen LogP contribution >= 0.6 is 0 Å². The molecule has 4 aliphatic rings. The van der Waals surface area contributed by atoms with Crippen molar-refractivity contribution >= 4 is 17.5 Å². The molecule has 4 rings (SSSR count). The van der Waals surface area contributed by atoms with E-state index in [1.165, 1.54) is 0 Å². The molecular formula is C19H25NO3. The summed E-state index contributed by atoms with van der Waals surface area (Å²) in [6.07, 6.45) is 6.24. The Balaban J connectivity index is 1.79. The number of nitrogens with zero attached hydrogens (tertiary/aromatic N) is 1. The zero-order valence-electron chi connectivity index (χ0n) is 14.2. The molecule has 3 aliphatic carbocycles. The Morgan fingerprint density at radius 3 is 2.61 bits per heavy atom. The number of hydrogen-bond donors (Lipinski definition) is 0. The number of rotatable bonds is 0. The predicted molar refractivity (Wildman–Crippen MR) is 85.3 cm³/mol. The zero-order chi connectivity index (χ0) is 16.6. The van der Waals surface area contributed by atoms with Crippen molar-refractivity contribution in [3.8, 4) is 0 Å². The first-order chi connectivity index (χ1) is 10.8. The van der Waals surface area contributed by atoms with Crippen LogP contribution in [0, 0.1) is 28.6 Å². The van der Waals surface area contributed by atoms with Gasteiger partial charge in [-0.2, -0.15) is 0 Å². The summed E-state index contributed by atoms with van der Waals surface area (Å²) < 4.78 is 0. The predicted octanol–water partition coefficient (Wildman–Crippen LogP) is 2.72. The Labute approximate surface area is 137 Å². The second-order valence-corrected chi connectivity index (χ2v) is 8.47. The molecule has 4 nitrogen and oxygen atoms in total. The molecule has 0 spiro atoms. The smallest absolute Gasteiger partial charge is 0.226 e. The molecule has 0 N–H and O–H groups in total. The van der Waals surface area contributed by atoms with Gasteiger partial charge in [-0.05, 0) is 31.1 Å². The minimum atomic E-state index is -0.434. The largest absolute Gasteiger partial charge is 0.319 e. The summed E-state index contributed by atoms with van der Waals surface area (Å²) in [5.41, 5.74) is 0.364. The second-order valence-electron chi connectivity index (χ2n) is 8.47. The summed E-state index contributed by atoms with van der Waals surface area (Å²) in [6, 6.07) is 0. The van der Waals surface area contributed by atoms with Gasteiger partial charge in [-0.1, -0.05) is 19.9 Å². The highest BCUT2D eigenvalue weighted by atomic mass is 16.2. The third kappa shape index (κ3) is 1.75. The molecular weight excluding hydrogens is 290 g/mol. The van der Waals surface area contributed by atoms with Crippen LogP contribution < -0.4 is 0 Å². The third-order valence-corrected chi connectivity index (χ3v) is 7.42. The van der Waals surface area contributed by atoms with Crippen molar-refractivity contribution in [1.82, 2.24) is 4.90 Å². The Morgan fingerprint density at radius 2 is 1.87 bits per heavy atom. The van der Waals surface area contributed by atoms with Crippen LogP contribution in [0.25, 0.3) is 0 Å². The van der Waals surface area contributed by atoms with Crippen LogP contribution in [-0.2, 0) is 14.4 Å². The van der Waals surface area contributed by atoms with E-state index in [1.807, 2.05) is 14.0 Å². The number of allylic oxidation sites excluding steroid dienone is 2. The fourth-order valence-electron chi connectivity index (χ4n) is 6.20. The first-order valence-corrected chi connectivity index (χ1v) is 8.82. The lowest BCUT2D eigenvalue weighted by Crippen LogP contribution is -2.57. The number of piperidine rings is 1. The molecule has 2 unspecified atom stereocenters. The molecule has 3 fully saturated rings. The lowest BCUT2D eigenvalue weighted by atomic mass is 9.49. The number of hydrogen-bond acceptors (Lipinski definition) is 3. The fourth-order valence-corrected chi connectivity index (χ4v) is 6.20. The number of fused-ring (bicyclic) bond motifs is 5. The van der Waals surface area contributed by atoms with Gasteiger partial charge in [0.05, 0.1) is 0 Å². The van der Waals surface area contributed by atoms with E-state index in [0.717, 1.165) is 25.0 Å². The number of amides is 1. The normalized spacial score (nSPS) is 46.2. The van der Waals surface area contributed by atoms with Gasteiger partial charge in [0.25, 0.3) is 0 Å². The maximum atomic E-state index is 13.1. The first-order valence-electron chi connectivity index (χ1n) is 8.82. The third-order valence-electron chi connectivity index (χ3n) is 7.42. The highest BCUT2D eigenvalue weighted by Gasteiger charge is 2.62. The Bertz CT molecular complexity index is 651. The molecule has 1 saturated heterocycles. The highest BCUT2D eigenvalue weighted by molar-refractivity contribution is 5.96. The van der Waals surface area contributed by atoms with Crippen molar-refractivity contribution in [2.24, 2.45) is 28.6 Å². The average molecular weight is 315 g/mol. The van der Waals surface area contributed by atoms with E-state index in [0.29, 0.717) is 25.2 Å². The first kappa shape index (κ1) is 15.1. The van der Waals surface area contributed by atoms with Crippen molar-refractivity contribution in [2.75, 3.05) is 7.05 Å². The maximum Gasteiger partial charge on any atom is 0.226 e. The van der Waals surface area contributed by atoms with Gasteiger partial charge < -0.3 is 4.90 Å². The van der Waals surface area contributed by atoms with Gasteiger partial charge in [0.15, 0.2) is 0 Å². The van der Waals surface area contributed by atoms with Gasteiger partial charge in [-0.3, -0.25) is 14.4 Å². The van der Waals surface area contributed by atoms with Gasteiger partial charge in [-0.15, -0.1) is 0 Å². The van der Waals surface area contributed by atoms with E-state index >= 15 is 0 Å². The molecule has 124 valence electrons. The Morgan fingerprint density at radius 1 is 1.13 bits per heavy atom. The number of carbonyl (C=O) groups excluding carboxylic acids is 3. The molecule has 0 aromatic rings. The maximum absolute atomic E-state index is 13.1. The van der Waals surface area contributed by atoms with Crippen LogP contribution in [0.2, 0.25) is 0 Å². The van der Waals surface area contributed by atoms with Gasteiger partial charge in [0, 0.05) is 48.8 Å². The summed E-state index contributed by atoms with van der Waals surface area (Å²) in [7, 11) is 1.84. The highest BCUT2D eigenvalue weighted by Crippen LogP contribution is 2.62. The molecule has 1 amide bonds. The molecule has 4 heteroatoms. The van der Waals surface area contributed by atoms with E-state index in [4.69, 9.17) is 0 Å². The van der Waals surface area contributed by atoms with Crippen molar-refractivity contribution in [3.63, 3.8) is 0 Å². The molecule has 1 heterocycles. The number of ketones is 2. The van der Waals surface area contributed by atoms with Crippen molar-refractivity contribution in [2.45, 2.75) is 52.4 Å². The van der Waals surface area contributed by atoms with Crippen molar-refractivity contribution in [3.05, 3.63) is 11.8 Å². The Hall–Kier alpha value is -1.45. The summed E-state index contributed by atoms with van der Waals surface area (Å²) in [4.78, 5) is 39.3. The molecule has 2 saturated carbocycles. The van der Waals surface area contributed by atoms with Gasteiger partial charge in [0.2, 0.25) is 5.91 Å². The molecule has 1 aliphatic heterocycles. The Kier molecular flexibility index (Phi) is 2.99. The minimum absolute atomic E-state index is 0.0259. The molecule has 0 bridgehead atoms. The minimum Gasteiger partial charge on any atom is -0.319 e. The van der Waals surface area contributed by atoms with Crippen LogP contribution in [0.15, 0.2) is 11.8 Å². The summed E-state index contributed by atoms with van der Waals surface area (Å²) in [5, 5.41) is 0. The van der Waals surface area contributed by atoms with Gasteiger partial charge in [0.1, 0.15) is 11.6 Å². The molecule has 0 aromatic carbocycles. The lowest BCUT2D eigenvalue weighted by Gasteiger charge is -2.56. The summed E-state index contributed by atoms with van der Waals surface area (Å²) >= 11 is 0. The molecule has 5 atom stereocenters. The zero-order valence-corrected chi connectivity index (χ0v) is 14.2. The van der Waals surface area contributed by atoms with Crippen LogP contribution in [0.3, 0.4) is 0 Å². The number of carbonyl (C=O) groups is 3. The monoisotopic (exact) mass is 315 g/mol. The standard InChI is InChI=1S/C19H25NO3/c1-18-9-8-16(23)20(3)14(18)6-4-11-12-5-7-15(22)19(12,2)10-13(21)17(11)18/h6,11-12,17H,4-5,7-10H2,1-3H3/t11?,12-,17+,18-,19?/m0/s1. The van der Waals surface area contributed by atoms with E-state index in [2.05, 4.69) is 13.0 Å². The average Bonchev–Trinajstić information content (AvgIpc) is 2.78. The summed E-state index contributed by atoms with van der Waals surface area (Å²) in [5.74, 6) is 1.25. The SMILES string of the molecule is CN1C(=O)CC[C@@]2(C)C1=CCC1[C@@H]3CCC(=O)C3(C)CC(=O)[C@@H]12. The quantitative estimate of drug-likeness (QED) is 0.690. The van der Waals surface area contributed by atoms with Crippen LogP contribution in [0.5, 0.6) is 0 Å².